The molecule has 26 heavy (non-hydrogen) atoms. The maximum Gasteiger partial charge on any atom is 0.235 e. The van der Waals surface area contributed by atoms with Crippen molar-refractivity contribution in [1.29, 1.82) is 0 Å². The largest absolute Gasteiger partial charge is 0.478 e. The number of fused-ring (bicyclic) bond motifs is 1. The molecule has 2 aromatic carbocycles. The zero-order valence-electron chi connectivity index (χ0n) is 13.7. The van der Waals surface area contributed by atoms with Crippen LogP contribution in [0.15, 0.2) is 86.6 Å². The molecule has 0 saturated carbocycles. The molecule has 2 heterocycles. The van der Waals surface area contributed by atoms with E-state index in [1.54, 1.807) is 60.7 Å². The molecule has 0 aliphatic carbocycles. The van der Waals surface area contributed by atoms with Crippen molar-refractivity contribution in [2.75, 3.05) is 6.61 Å². The van der Waals surface area contributed by atoms with E-state index in [0.29, 0.717) is 22.3 Å². The monoisotopic (exact) mass is 346 g/mol. The topological polar surface area (TPSA) is 69.7 Å². The van der Waals surface area contributed by atoms with Crippen LogP contribution in [0.2, 0.25) is 0 Å². The highest BCUT2D eigenvalue weighted by atomic mass is 16.5. The molecular formula is C21H14O5. The van der Waals surface area contributed by atoms with Gasteiger partial charge in [0.25, 0.3) is 0 Å². The van der Waals surface area contributed by atoms with Gasteiger partial charge in [-0.3, -0.25) is 9.59 Å². The smallest absolute Gasteiger partial charge is 0.235 e. The molecule has 0 saturated heterocycles. The Morgan fingerprint density at radius 3 is 2.46 bits per heavy atom. The molecule has 0 fully saturated rings. The highest BCUT2D eigenvalue weighted by Gasteiger charge is 2.20. The molecule has 5 heteroatoms. The van der Waals surface area contributed by atoms with Gasteiger partial charge in [-0.15, -0.1) is 0 Å². The number of furan rings is 1. The Hall–Kier alpha value is -3.60. The number of carbonyl (C=O) groups excluding carboxylic acids is 1. The first-order valence-electron chi connectivity index (χ1n) is 8.05. The van der Waals surface area contributed by atoms with Crippen molar-refractivity contribution in [1.82, 2.24) is 0 Å². The quantitative estimate of drug-likeness (QED) is 0.504. The second-order valence-electron chi connectivity index (χ2n) is 5.64. The van der Waals surface area contributed by atoms with E-state index in [9.17, 15) is 9.59 Å². The fourth-order valence-corrected chi connectivity index (χ4v) is 2.67. The second-order valence-corrected chi connectivity index (χ2v) is 5.64. The molecule has 0 amide bonds. The van der Waals surface area contributed by atoms with E-state index in [0.717, 1.165) is 0 Å². The fraction of sp³-hybridized carbons (Fsp3) is 0.0476. The van der Waals surface area contributed by atoms with Gasteiger partial charge in [-0.25, -0.2) is 0 Å². The molecule has 0 unspecified atom stereocenters. The highest BCUT2D eigenvalue weighted by molar-refractivity contribution is 5.97. The zero-order chi connectivity index (χ0) is 17.9. The number of hydrogen-bond acceptors (Lipinski definition) is 5. The molecule has 4 aromatic rings. The number of para-hydroxylation sites is 1. The summed E-state index contributed by atoms with van der Waals surface area (Å²) in [4.78, 5) is 25.2. The lowest BCUT2D eigenvalue weighted by Gasteiger charge is -2.09. The Morgan fingerprint density at radius 2 is 1.69 bits per heavy atom. The van der Waals surface area contributed by atoms with Crippen LogP contribution in [0.5, 0.6) is 5.75 Å². The highest BCUT2D eigenvalue weighted by Crippen LogP contribution is 2.31. The number of benzene rings is 2. The summed E-state index contributed by atoms with van der Waals surface area (Å²) in [7, 11) is 0. The summed E-state index contributed by atoms with van der Waals surface area (Å²) in [6, 6.07) is 19.0. The SMILES string of the molecule is O=C(COc1c(-c2ccco2)oc2ccccc2c1=O)c1ccccc1. The van der Waals surface area contributed by atoms with Crippen LogP contribution in [-0.2, 0) is 0 Å². The van der Waals surface area contributed by atoms with E-state index in [2.05, 4.69) is 0 Å². The van der Waals surface area contributed by atoms with Gasteiger partial charge in [0, 0.05) is 5.56 Å². The normalized spacial score (nSPS) is 10.8. The molecule has 0 aliphatic rings. The van der Waals surface area contributed by atoms with Gasteiger partial charge >= 0.3 is 0 Å². The third kappa shape index (κ3) is 2.91. The van der Waals surface area contributed by atoms with Gasteiger partial charge in [-0.05, 0) is 24.3 Å². The van der Waals surface area contributed by atoms with Crippen LogP contribution in [-0.4, -0.2) is 12.4 Å². The van der Waals surface area contributed by atoms with Crippen LogP contribution in [0.3, 0.4) is 0 Å². The van der Waals surface area contributed by atoms with E-state index in [4.69, 9.17) is 13.6 Å². The molecular weight excluding hydrogens is 332 g/mol. The number of ketones is 1. The summed E-state index contributed by atoms with van der Waals surface area (Å²) < 4.78 is 16.8. The Balaban J connectivity index is 1.75. The maximum atomic E-state index is 12.9. The summed E-state index contributed by atoms with van der Waals surface area (Å²) in [5.41, 5.74) is 0.585. The van der Waals surface area contributed by atoms with Crippen LogP contribution in [0.4, 0.5) is 0 Å². The van der Waals surface area contributed by atoms with Crippen LogP contribution in [0, 0.1) is 0 Å². The number of Topliss-reactive ketones (excluding diaryl/α,β-unsaturated/α-hetero) is 1. The molecule has 0 bridgehead atoms. The first kappa shape index (κ1) is 15.9. The summed E-state index contributed by atoms with van der Waals surface area (Å²) in [5, 5.41) is 0.380. The standard InChI is InChI=1S/C21H14O5/c22-16(14-7-2-1-3-8-14)13-25-21-19(23)15-9-4-5-10-17(15)26-20(21)18-11-6-12-24-18/h1-12H,13H2. The van der Waals surface area contributed by atoms with Gasteiger partial charge in [0.1, 0.15) is 5.58 Å². The number of ether oxygens (including phenoxy) is 1. The molecule has 2 aromatic heterocycles. The lowest BCUT2D eigenvalue weighted by molar-refractivity contribution is 0.0920. The summed E-state index contributed by atoms with van der Waals surface area (Å²) in [6.07, 6.45) is 1.48. The Morgan fingerprint density at radius 1 is 0.923 bits per heavy atom. The van der Waals surface area contributed by atoms with Crippen LogP contribution in [0.25, 0.3) is 22.5 Å². The van der Waals surface area contributed by atoms with E-state index in [1.165, 1.54) is 6.26 Å². The average Bonchev–Trinajstić information content (AvgIpc) is 3.22. The van der Waals surface area contributed by atoms with Gasteiger partial charge in [-0.1, -0.05) is 42.5 Å². The third-order valence-electron chi connectivity index (χ3n) is 3.94. The van der Waals surface area contributed by atoms with E-state index < -0.39 is 0 Å². The predicted octanol–water partition coefficient (Wildman–Crippen LogP) is 4.31. The van der Waals surface area contributed by atoms with Crippen LogP contribution < -0.4 is 10.2 Å². The average molecular weight is 346 g/mol. The minimum atomic E-state index is -0.348. The maximum absolute atomic E-state index is 12.9. The summed E-state index contributed by atoms with van der Waals surface area (Å²) in [6.45, 7) is -0.277. The van der Waals surface area contributed by atoms with Crippen LogP contribution >= 0.6 is 0 Å². The Labute approximate surface area is 148 Å². The Kier molecular flexibility index (Phi) is 4.11. The predicted molar refractivity (Wildman–Crippen MR) is 96.5 cm³/mol. The first-order chi connectivity index (χ1) is 12.7. The van der Waals surface area contributed by atoms with Gasteiger partial charge < -0.3 is 13.6 Å². The summed E-state index contributed by atoms with van der Waals surface area (Å²) >= 11 is 0. The molecule has 0 radical (unpaired) electrons. The number of carbonyl (C=O) groups is 1. The molecule has 0 N–H and O–H groups in total. The second kappa shape index (κ2) is 6.72. The van der Waals surface area contributed by atoms with Crippen molar-refractivity contribution in [3.63, 3.8) is 0 Å². The third-order valence-corrected chi connectivity index (χ3v) is 3.94. The molecule has 4 rings (SSSR count). The lowest BCUT2D eigenvalue weighted by Crippen LogP contribution is -2.17. The van der Waals surface area contributed by atoms with Crippen molar-refractivity contribution >= 4 is 16.8 Å². The van der Waals surface area contributed by atoms with Crippen molar-refractivity contribution in [3.8, 4) is 17.3 Å². The number of hydrogen-bond donors (Lipinski definition) is 0. The molecule has 5 nitrogen and oxygen atoms in total. The minimum absolute atomic E-state index is 0.0390. The minimum Gasteiger partial charge on any atom is -0.478 e. The first-order valence-corrected chi connectivity index (χ1v) is 8.05. The van der Waals surface area contributed by atoms with Gasteiger partial charge in [0.05, 0.1) is 11.6 Å². The zero-order valence-corrected chi connectivity index (χ0v) is 13.7. The number of rotatable bonds is 5. The van der Waals surface area contributed by atoms with Gasteiger partial charge in [-0.2, -0.15) is 0 Å². The summed E-state index contributed by atoms with van der Waals surface area (Å²) in [5.74, 6) is 0.251. The molecule has 0 spiro atoms. The van der Waals surface area contributed by atoms with E-state index >= 15 is 0 Å². The van der Waals surface area contributed by atoms with Crippen molar-refractivity contribution in [2.45, 2.75) is 0 Å². The van der Waals surface area contributed by atoms with E-state index in [1.807, 2.05) is 6.07 Å². The van der Waals surface area contributed by atoms with Crippen LogP contribution in [0.1, 0.15) is 10.4 Å². The van der Waals surface area contributed by atoms with Gasteiger partial charge in [0.15, 0.2) is 18.2 Å². The fourth-order valence-electron chi connectivity index (χ4n) is 2.67. The Bertz CT molecular complexity index is 1110. The molecule has 128 valence electrons. The van der Waals surface area contributed by atoms with Crippen molar-refractivity contribution < 1.29 is 18.4 Å². The van der Waals surface area contributed by atoms with Gasteiger partial charge in [0.2, 0.25) is 16.9 Å². The molecule has 0 atom stereocenters. The molecule has 0 aliphatic heterocycles. The van der Waals surface area contributed by atoms with E-state index in [-0.39, 0.29) is 29.3 Å². The van der Waals surface area contributed by atoms with Crippen molar-refractivity contribution in [3.05, 3.63) is 88.8 Å². The van der Waals surface area contributed by atoms with Crippen molar-refractivity contribution in [2.24, 2.45) is 0 Å². The lowest BCUT2D eigenvalue weighted by atomic mass is 10.1.